The molecule has 0 unspecified atom stereocenters. The number of carbonyl (C=O) groups is 2. The number of halogens is 1. The van der Waals surface area contributed by atoms with Gasteiger partial charge in [0.25, 0.3) is 0 Å². The van der Waals surface area contributed by atoms with E-state index in [9.17, 15) is 14.0 Å². The molecule has 0 N–H and O–H groups in total. The predicted octanol–water partition coefficient (Wildman–Crippen LogP) is 3.55. The molecule has 4 rings (SSSR count). The lowest BCUT2D eigenvalue weighted by molar-refractivity contribution is 0.00578. The standard InChI is InChI=1S/C25H26BFN2O6/c1-24(2)25(3,4)35-26(34-24)18-14-15(27)12-13-17(18)20-19(22(30)32-5)21(23(31)33-6)29(28-20)16-10-8-7-9-11-16/h7-14H,1-6H3. The Morgan fingerprint density at radius 2 is 1.54 bits per heavy atom. The number of carbonyl (C=O) groups excluding carboxylic acids is 2. The fourth-order valence-electron chi connectivity index (χ4n) is 3.86. The van der Waals surface area contributed by atoms with E-state index >= 15 is 0 Å². The lowest BCUT2D eigenvalue weighted by Gasteiger charge is -2.32. The van der Waals surface area contributed by atoms with Gasteiger partial charge in [-0.1, -0.05) is 24.3 Å². The molecule has 10 heteroatoms. The normalized spacial score (nSPS) is 16.3. The minimum atomic E-state index is -0.945. The molecular weight excluding hydrogens is 454 g/mol. The summed E-state index contributed by atoms with van der Waals surface area (Å²) in [6, 6.07) is 12.8. The summed E-state index contributed by atoms with van der Waals surface area (Å²) < 4.78 is 38.0. The first kappa shape index (κ1) is 24.6. The van der Waals surface area contributed by atoms with Gasteiger partial charge in [-0.2, -0.15) is 5.10 Å². The second kappa shape index (κ2) is 8.94. The van der Waals surface area contributed by atoms with Crippen molar-refractivity contribution < 1.29 is 32.8 Å². The molecule has 0 atom stereocenters. The second-order valence-corrected chi connectivity index (χ2v) is 9.12. The lowest BCUT2D eigenvalue weighted by Crippen LogP contribution is -2.41. The molecule has 1 aliphatic rings. The molecule has 0 amide bonds. The molecule has 0 radical (unpaired) electrons. The van der Waals surface area contributed by atoms with Gasteiger partial charge in [-0.05, 0) is 57.4 Å². The van der Waals surface area contributed by atoms with Gasteiger partial charge in [-0.15, -0.1) is 0 Å². The van der Waals surface area contributed by atoms with Crippen LogP contribution in [-0.2, 0) is 18.8 Å². The molecule has 0 bridgehead atoms. The minimum Gasteiger partial charge on any atom is -0.465 e. The van der Waals surface area contributed by atoms with Crippen LogP contribution in [0.1, 0.15) is 48.5 Å². The number of methoxy groups -OCH3 is 2. The lowest BCUT2D eigenvalue weighted by atomic mass is 9.74. The Balaban J connectivity index is 2.00. The number of nitrogens with zero attached hydrogens (tertiary/aromatic N) is 2. The monoisotopic (exact) mass is 480 g/mol. The van der Waals surface area contributed by atoms with E-state index in [2.05, 4.69) is 5.10 Å². The molecule has 0 saturated carbocycles. The average Bonchev–Trinajstić information content (AvgIpc) is 3.32. The molecule has 2 aromatic carbocycles. The molecule has 8 nitrogen and oxygen atoms in total. The number of hydrogen-bond donors (Lipinski definition) is 0. The number of ether oxygens (including phenoxy) is 2. The van der Waals surface area contributed by atoms with Gasteiger partial charge in [0.15, 0.2) is 5.69 Å². The largest absolute Gasteiger partial charge is 0.495 e. The van der Waals surface area contributed by atoms with Crippen molar-refractivity contribution in [2.75, 3.05) is 14.2 Å². The summed E-state index contributed by atoms with van der Waals surface area (Å²) in [7, 11) is 1.46. The van der Waals surface area contributed by atoms with E-state index in [4.69, 9.17) is 18.8 Å². The Labute approximate surface area is 203 Å². The van der Waals surface area contributed by atoms with Gasteiger partial charge < -0.3 is 18.8 Å². The summed E-state index contributed by atoms with van der Waals surface area (Å²) in [5, 5.41) is 4.60. The van der Waals surface area contributed by atoms with Crippen molar-refractivity contribution in [1.82, 2.24) is 9.78 Å². The molecule has 2 heterocycles. The quantitative estimate of drug-likeness (QED) is 0.408. The van der Waals surface area contributed by atoms with Crippen molar-refractivity contribution in [2.45, 2.75) is 38.9 Å². The number of hydrogen-bond acceptors (Lipinski definition) is 7. The zero-order valence-corrected chi connectivity index (χ0v) is 20.4. The Hall–Kier alpha value is -3.50. The Kier molecular flexibility index (Phi) is 6.29. The van der Waals surface area contributed by atoms with Gasteiger partial charge in [0.05, 0.1) is 31.1 Å². The molecule has 1 aliphatic heterocycles. The van der Waals surface area contributed by atoms with E-state index in [0.29, 0.717) is 16.7 Å². The molecule has 1 saturated heterocycles. The number of esters is 2. The van der Waals surface area contributed by atoms with E-state index in [1.165, 1.54) is 37.1 Å². The molecule has 35 heavy (non-hydrogen) atoms. The molecule has 3 aromatic rings. The SMILES string of the molecule is COC(=O)c1c(-c2ccc(F)cc2B2OC(C)(C)C(C)(C)O2)nn(-c2ccccc2)c1C(=O)OC. The van der Waals surface area contributed by atoms with Crippen LogP contribution in [0.5, 0.6) is 0 Å². The van der Waals surface area contributed by atoms with Gasteiger partial charge in [0, 0.05) is 5.56 Å². The molecule has 182 valence electrons. The summed E-state index contributed by atoms with van der Waals surface area (Å²) in [6.45, 7) is 7.52. The van der Waals surface area contributed by atoms with Crippen molar-refractivity contribution >= 4 is 24.5 Å². The van der Waals surface area contributed by atoms with Crippen LogP contribution in [0.15, 0.2) is 48.5 Å². The van der Waals surface area contributed by atoms with Crippen LogP contribution in [0, 0.1) is 5.82 Å². The average molecular weight is 480 g/mol. The van der Waals surface area contributed by atoms with Crippen molar-refractivity contribution in [3.8, 4) is 16.9 Å². The van der Waals surface area contributed by atoms with Crippen LogP contribution >= 0.6 is 0 Å². The Morgan fingerprint density at radius 1 is 0.943 bits per heavy atom. The van der Waals surface area contributed by atoms with Crippen LogP contribution in [0.25, 0.3) is 16.9 Å². The first-order valence-electron chi connectivity index (χ1n) is 11.0. The second-order valence-electron chi connectivity index (χ2n) is 9.12. The van der Waals surface area contributed by atoms with Crippen molar-refractivity contribution in [1.29, 1.82) is 0 Å². The van der Waals surface area contributed by atoms with Gasteiger partial charge >= 0.3 is 19.1 Å². The van der Waals surface area contributed by atoms with E-state index in [1.807, 2.05) is 33.8 Å². The topological polar surface area (TPSA) is 88.9 Å². The number of rotatable bonds is 5. The molecule has 0 aliphatic carbocycles. The third kappa shape index (κ3) is 4.23. The summed E-state index contributed by atoms with van der Waals surface area (Å²) in [6.07, 6.45) is 0. The molecule has 1 fully saturated rings. The van der Waals surface area contributed by atoms with Crippen molar-refractivity contribution in [3.05, 3.63) is 65.6 Å². The van der Waals surface area contributed by atoms with Gasteiger partial charge in [-0.3, -0.25) is 0 Å². The highest BCUT2D eigenvalue weighted by Crippen LogP contribution is 2.38. The summed E-state index contributed by atoms with van der Waals surface area (Å²) >= 11 is 0. The summed E-state index contributed by atoms with van der Waals surface area (Å²) in [5.41, 5.74) is -0.320. The molecule has 1 aromatic heterocycles. The van der Waals surface area contributed by atoms with Crippen LogP contribution in [0.2, 0.25) is 0 Å². The molecule has 0 spiro atoms. The van der Waals surface area contributed by atoms with Crippen LogP contribution in [0.4, 0.5) is 4.39 Å². The number of para-hydroxylation sites is 1. The third-order valence-electron chi connectivity index (χ3n) is 6.43. The maximum atomic E-state index is 14.5. The van der Waals surface area contributed by atoms with Crippen molar-refractivity contribution in [2.24, 2.45) is 0 Å². The highest BCUT2D eigenvalue weighted by Gasteiger charge is 2.52. The molecular formula is C25H26BFN2O6. The highest BCUT2D eigenvalue weighted by molar-refractivity contribution is 6.64. The van der Waals surface area contributed by atoms with E-state index in [1.54, 1.807) is 24.3 Å². The van der Waals surface area contributed by atoms with Crippen LogP contribution < -0.4 is 5.46 Å². The van der Waals surface area contributed by atoms with Gasteiger partial charge in [0.1, 0.15) is 17.1 Å². The van der Waals surface area contributed by atoms with Gasteiger partial charge in [-0.25, -0.2) is 18.7 Å². The van der Waals surface area contributed by atoms with Crippen molar-refractivity contribution in [3.63, 3.8) is 0 Å². The van der Waals surface area contributed by atoms with E-state index in [-0.39, 0.29) is 17.0 Å². The number of aromatic nitrogens is 2. The fourth-order valence-corrected chi connectivity index (χ4v) is 3.86. The van der Waals surface area contributed by atoms with E-state index < -0.39 is 36.1 Å². The first-order chi connectivity index (χ1) is 16.5. The third-order valence-corrected chi connectivity index (χ3v) is 6.43. The predicted molar refractivity (Wildman–Crippen MR) is 127 cm³/mol. The summed E-state index contributed by atoms with van der Waals surface area (Å²) in [5.74, 6) is -2.10. The zero-order chi connectivity index (χ0) is 25.5. The minimum absolute atomic E-state index is 0.103. The van der Waals surface area contributed by atoms with Gasteiger partial charge in [0.2, 0.25) is 0 Å². The Morgan fingerprint density at radius 3 is 2.11 bits per heavy atom. The smallest absolute Gasteiger partial charge is 0.465 e. The maximum Gasteiger partial charge on any atom is 0.495 e. The Bertz CT molecular complexity index is 1270. The fraction of sp³-hybridized carbons (Fsp3) is 0.320. The first-order valence-corrected chi connectivity index (χ1v) is 11.0. The zero-order valence-electron chi connectivity index (χ0n) is 20.4. The maximum absolute atomic E-state index is 14.5. The van der Waals surface area contributed by atoms with Crippen LogP contribution in [0.3, 0.4) is 0 Å². The highest BCUT2D eigenvalue weighted by atomic mass is 19.1. The summed E-state index contributed by atoms with van der Waals surface area (Å²) in [4.78, 5) is 25.8. The van der Waals surface area contributed by atoms with Crippen LogP contribution in [-0.4, -0.2) is 54.3 Å². The number of benzene rings is 2. The van der Waals surface area contributed by atoms with E-state index in [0.717, 1.165) is 0 Å².